The van der Waals surface area contributed by atoms with E-state index in [2.05, 4.69) is 5.32 Å². The van der Waals surface area contributed by atoms with Crippen LogP contribution in [-0.2, 0) is 26.2 Å². The maximum absolute atomic E-state index is 14.3. The summed E-state index contributed by atoms with van der Waals surface area (Å²) in [6.45, 7) is 7.79. The predicted molar refractivity (Wildman–Crippen MR) is 170 cm³/mol. The molecular formula is C34H43N3O5S. The van der Waals surface area contributed by atoms with Crippen molar-refractivity contribution in [3.05, 3.63) is 89.5 Å². The molecule has 8 nitrogen and oxygen atoms in total. The van der Waals surface area contributed by atoms with Crippen LogP contribution in [0.1, 0.15) is 62.6 Å². The summed E-state index contributed by atoms with van der Waals surface area (Å²) in [5.41, 5.74) is 3.14. The van der Waals surface area contributed by atoms with Gasteiger partial charge in [0.2, 0.25) is 11.8 Å². The Morgan fingerprint density at radius 1 is 0.930 bits per heavy atom. The number of carbonyl (C=O) groups excluding carboxylic acids is 2. The van der Waals surface area contributed by atoms with E-state index < -0.39 is 28.5 Å². The average molecular weight is 606 g/mol. The third-order valence-corrected chi connectivity index (χ3v) is 9.80. The number of nitrogens with one attached hydrogen (secondary N) is 1. The van der Waals surface area contributed by atoms with Crippen LogP contribution in [0.25, 0.3) is 0 Å². The standard InChI is InChI=1S/C34H43N3O5S/c1-5-32(34(39)35-28-13-9-10-14-28)36(23-27-12-8-7-11-26(27)4)33(38)24-37(29-17-19-30(20-18-29)42-6-2)43(40,41)31-21-15-25(3)16-22-31/h7-8,11-12,15-22,28,32H,5-6,9-10,13-14,23-24H2,1-4H3,(H,35,39)/t32-/m1/s1. The van der Waals surface area contributed by atoms with Gasteiger partial charge in [-0.05, 0) is 87.6 Å². The Hall–Kier alpha value is -3.85. The van der Waals surface area contributed by atoms with E-state index in [1.165, 1.54) is 0 Å². The van der Waals surface area contributed by atoms with Gasteiger partial charge >= 0.3 is 0 Å². The summed E-state index contributed by atoms with van der Waals surface area (Å²) in [7, 11) is -4.13. The van der Waals surface area contributed by atoms with Gasteiger partial charge in [0.15, 0.2) is 0 Å². The van der Waals surface area contributed by atoms with Gasteiger partial charge in [-0.2, -0.15) is 0 Å². The zero-order valence-corrected chi connectivity index (χ0v) is 26.4. The van der Waals surface area contributed by atoms with Gasteiger partial charge in [0.1, 0.15) is 18.3 Å². The zero-order chi connectivity index (χ0) is 31.0. The van der Waals surface area contributed by atoms with Gasteiger partial charge in [0.05, 0.1) is 17.2 Å². The Bertz CT molecular complexity index is 1480. The average Bonchev–Trinajstić information content (AvgIpc) is 3.50. The molecule has 0 spiro atoms. The fraction of sp³-hybridized carbons (Fsp3) is 0.412. The molecule has 0 unspecified atom stereocenters. The summed E-state index contributed by atoms with van der Waals surface area (Å²) in [6.07, 6.45) is 4.38. The summed E-state index contributed by atoms with van der Waals surface area (Å²) < 4.78 is 34.8. The minimum atomic E-state index is -4.13. The molecule has 0 radical (unpaired) electrons. The lowest BCUT2D eigenvalue weighted by atomic mass is 10.1. The molecule has 1 saturated carbocycles. The maximum Gasteiger partial charge on any atom is 0.264 e. The second kappa shape index (κ2) is 14.6. The normalized spacial score (nSPS) is 14.2. The van der Waals surface area contributed by atoms with Crippen molar-refractivity contribution < 1.29 is 22.7 Å². The third kappa shape index (κ3) is 7.96. The minimum absolute atomic E-state index is 0.0799. The van der Waals surface area contributed by atoms with E-state index in [9.17, 15) is 18.0 Å². The Kier molecular flexibility index (Phi) is 10.9. The van der Waals surface area contributed by atoms with Gasteiger partial charge < -0.3 is 15.0 Å². The fourth-order valence-electron chi connectivity index (χ4n) is 5.50. The first-order valence-corrected chi connectivity index (χ1v) is 16.5. The van der Waals surface area contributed by atoms with Crippen LogP contribution in [0.3, 0.4) is 0 Å². The first-order chi connectivity index (χ1) is 20.6. The number of benzene rings is 3. The van der Waals surface area contributed by atoms with E-state index in [0.717, 1.165) is 46.7 Å². The van der Waals surface area contributed by atoms with E-state index in [-0.39, 0.29) is 23.4 Å². The molecule has 1 aliphatic rings. The van der Waals surface area contributed by atoms with Crippen molar-refractivity contribution in [2.24, 2.45) is 0 Å². The molecule has 0 aromatic heterocycles. The third-order valence-electron chi connectivity index (χ3n) is 8.01. The molecule has 2 amide bonds. The number of ether oxygens (including phenoxy) is 1. The highest BCUT2D eigenvalue weighted by molar-refractivity contribution is 7.92. The van der Waals surface area contributed by atoms with Gasteiger partial charge in [-0.1, -0.05) is 61.7 Å². The van der Waals surface area contributed by atoms with Gasteiger partial charge in [0, 0.05) is 12.6 Å². The zero-order valence-electron chi connectivity index (χ0n) is 25.6. The van der Waals surface area contributed by atoms with Crippen LogP contribution >= 0.6 is 0 Å². The van der Waals surface area contributed by atoms with Crippen molar-refractivity contribution in [3.63, 3.8) is 0 Å². The number of hydrogen-bond donors (Lipinski definition) is 1. The molecule has 1 atom stereocenters. The second-order valence-corrected chi connectivity index (χ2v) is 13.0. The van der Waals surface area contributed by atoms with Crippen LogP contribution in [-0.4, -0.2) is 50.4 Å². The van der Waals surface area contributed by atoms with Crippen LogP contribution in [0.15, 0.2) is 77.7 Å². The predicted octanol–water partition coefficient (Wildman–Crippen LogP) is 5.76. The molecule has 1 fully saturated rings. The van der Waals surface area contributed by atoms with Crippen LogP contribution < -0.4 is 14.4 Å². The number of amides is 2. The number of anilines is 1. The van der Waals surface area contributed by atoms with E-state index in [0.29, 0.717) is 24.5 Å². The molecule has 4 rings (SSSR count). The fourth-order valence-corrected chi connectivity index (χ4v) is 6.91. The van der Waals surface area contributed by atoms with E-state index >= 15 is 0 Å². The Morgan fingerprint density at radius 2 is 1.58 bits per heavy atom. The molecule has 0 heterocycles. The summed E-state index contributed by atoms with van der Waals surface area (Å²) in [5.74, 6) is -0.0624. The summed E-state index contributed by atoms with van der Waals surface area (Å²) in [4.78, 5) is 29.5. The molecule has 230 valence electrons. The highest BCUT2D eigenvalue weighted by Gasteiger charge is 2.34. The summed E-state index contributed by atoms with van der Waals surface area (Å²) in [6, 6.07) is 20.3. The minimum Gasteiger partial charge on any atom is -0.494 e. The first kappa shape index (κ1) is 32.1. The molecule has 0 bridgehead atoms. The van der Waals surface area contributed by atoms with Crippen molar-refractivity contribution in [2.45, 2.75) is 83.3 Å². The molecule has 1 aliphatic carbocycles. The number of hydrogen-bond acceptors (Lipinski definition) is 5. The molecule has 0 saturated heterocycles. The van der Waals surface area contributed by atoms with Crippen molar-refractivity contribution in [2.75, 3.05) is 17.5 Å². The largest absolute Gasteiger partial charge is 0.494 e. The molecular weight excluding hydrogens is 562 g/mol. The van der Waals surface area contributed by atoms with E-state index in [1.54, 1.807) is 53.4 Å². The van der Waals surface area contributed by atoms with Gasteiger partial charge in [-0.15, -0.1) is 0 Å². The Morgan fingerprint density at radius 3 is 2.19 bits per heavy atom. The number of rotatable bonds is 13. The highest BCUT2D eigenvalue weighted by Crippen LogP contribution is 2.27. The van der Waals surface area contributed by atoms with Crippen molar-refractivity contribution in [1.29, 1.82) is 0 Å². The lowest BCUT2D eigenvalue weighted by molar-refractivity contribution is -0.140. The van der Waals surface area contributed by atoms with Crippen LogP contribution in [0.2, 0.25) is 0 Å². The number of nitrogens with zero attached hydrogens (tertiary/aromatic N) is 2. The molecule has 3 aromatic rings. The molecule has 1 N–H and O–H groups in total. The number of carbonyl (C=O) groups is 2. The summed E-state index contributed by atoms with van der Waals surface area (Å²) in [5, 5.41) is 3.15. The maximum atomic E-state index is 14.3. The van der Waals surface area contributed by atoms with Crippen molar-refractivity contribution >= 4 is 27.5 Å². The van der Waals surface area contributed by atoms with Gasteiger partial charge in [-0.3, -0.25) is 13.9 Å². The van der Waals surface area contributed by atoms with Gasteiger partial charge in [-0.25, -0.2) is 8.42 Å². The van der Waals surface area contributed by atoms with Crippen molar-refractivity contribution in [1.82, 2.24) is 10.2 Å². The van der Waals surface area contributed by atoms with Crippen LogP contribution in [0.4, 0.5) is 5.69 Å². The monoisotopic (exact) mass is 605 g/mol. The Balaban J connectivity index is 1.72. The highest BCUT2D eigenvalue weighted by atomic mass is 32.2. The smallest absolute Gasteiger partial charge is 0.264 e. The summed E-state index contributed by atoms with van der Waals surface area (Å²) >= 11 is 0. The van der Waals surface area contributed by atoms with E-state index in [4.69, 9.17) is 4.74 Å². The van der Waals surface area contributed by atoms with E-state index in [1.807, 2.05) is 52.0 Å². The topological polar surface area (TPSA) is 96.0 Å². The first-order valence-electron chi connectivity index (χ1n) is 15.1. The van der Waals surface area contributed by atoms with Crippen LogP contribution in [0.5, 0.6) is 5.75 Å². The van der Waals surface area contributed by atoms with Crippen LogP contribution in [0, 0.1) is 13.8 Å². The number of aryl methyl sites for hydroxylation is 2. The lowest BCUT2D eigenvalue weighted by Crippen LogP contribution is -2.53. The van der Waals surface area contributed by atoms with Gasteiger partial charge in [0.25, 0.3) is 10.0 Å². The molecule has 43 heavy (non-hydrogen) atoms. The molecule has 9 heteroatoms. The lowest BCUT2D eigenvalue weighted by Gasteiger charge is -2.34. The Labute approximate surface area is 256 Å². The molecule has 0 aliphatic heterocycles. The SMILES string of the molecule is CCOc1ccc(N(CC(=O)N(Cc2ccccc2C)[C@H](CC)C(=O)NC2CCCC2)S(=O)(=O)c2ccc(C)cc2)cc1. The van der Waals surface area contributed by atoms with Crippen molar-refractivity contribution in [3.8, 4) is 5.75 Å². The second-order valence-electron chi connectivity index (χ2n) is 11.1. The quantitative estimate of drug-likeness (QED) is 0.267. The molecule has 3 aromatic carbocycles. The number of sulfonamides is 1.